The number of methoxy groups -OCH3 is 1. The van der Waals surface area contributed by atoms with Crippen LogP contribution in [0.2, 0.25) is 0 Å². The predicted octanol–water partition coefficient (Wildman–Crippen LogP) is 2.43. The highest BCUT2D eigenvalue weighted by atomic mass is 32.2. The zero-order valence-corrected chi connectivity index (χ0v) is 17.8. The van der Waals surface area contributed by atoms with Crippen molar-refractivity contribution in [3.63, 3.8) is 0 Å². The van der Waals surface area contributed by atoms with E-state index in [9.17, 15) is 8.42 Å². The Balaban J connectivity index is 1.60. The maximum Gasteiger partial charge on any atom is 0.246 e. The largest absolute Gasteiger partial charge is 0.495 e. The van der Waals surface area contributed by atoms with E-state index in [1.807, 2.05) is 23.3 Å². The van der Waals surface area contributed by atoms with Gasteiger partial charge in [0.1, 0.15) is 10.6 Å². The van der Waals surface area contributed by atoms with E-state index in [2.05, 4.69) is 15.0 Å². The van der Waals surface area contributed by atoms with Gasteiger partial charge in [0.05, 0.1) is 17.8 Å². The number of thiazole rings is 1. The summed E-state index contributed by atoms with van der Waals surface area (Å²) >= 11 is 1.53. The van der Waals surface area contributed by atoms with Gasteiger partial charge >= 0.3 is 0 Å². The Labute approximate surface area is 173 Å². The van der Waals surface area contributed by atoms with Gasteiger partial charge in [-0.15, -0.1) is 11.3 Å². The number of rotatable bonds is 5. The molecule has 0 aliphatic carbocycles. The van der Waals surface area contributed by atoms with Crippen LogP contribution in [0, 0.1) is 6.92 Å². The zero-order valence-electron chi connectivity index (χ0n) is 16.1. The Kier molecular flexibility index (Phi) is 5.48. The van der Waals surface area contributed by atoms with Crippen LogP contribution in [-0.4, -0.2) is 61.0 Å². The van der Waals surface area contributed by atoms with Gasteiger partial charge < -0.3 is 9.64 Å². The predicted molar refractivity (Wildman–Crippen MR) is 112 cm³/mol. The molecule has 29 heavy (non-hydrogen) atoms. The smallest absolute Gasteiger partial charge is 0.246 e. The molecule has 0 saturated carbocycles. The van der Waals surface area contributed by atoms with Gasteiger partial charge in [-0.25, -0.2) is 23.4 Å². The van der Waals surface area contributed by atoms with E-state index >= 15 is 0 Å². The number of anilines is 1. The van der Waals surface area contributed by atoms with Crippen molar-refractivity contribution in [2.24, 2.45) is 0 Å². The molecule has 8 nitrogen and oxygen atoms in total. The van der Waals surface area contributed by atoms with E-state index < -0.39 is 10.0 Å². The summed E-state index contributed by atoms with van der Waals surface area (Å²) in [5.74, 6) is 0.942. The van der Waals surface area contributed by atoms with Crippen molar-refractivity contribution in [2.45, 2.75) is 11.8 Å². The maximum absolute atomic E-state index is 13.4. The lowest BCUT2D eigenvalue weighted by Crippen LogP contribution is -2.49. The topological polar surface area (TPSA) is 88.5 Å². The number of hydrogen-bond donors (Lipinski definition) is 0. The summed E-state index contributed by atoms with van der Waals surface area (Å²) in [6, 6.07) is 6.92. The molecule has 0 amide bonds. The lowest BCUT2D eigenvalue weighted by molar-refractivity contribution is 0.373. The molecule has 0 radical (unpaired) electrons. The molecule has 10 heteroatoms. The first-order valence-corrected chi connectivity index (χ1v) is 11.4. The molecule has 1 fully saturated rings. The molecule has 3 aromatic rings. The molecule has 0 atom stereocenters. The monoisotopic (exact) mass is 431 g/mol. The Morgan fingerprint density at radius 2 is 1.83 bits per heavy atom. The van der Waals surface area contributed by atoms with Crippen molar-refractivity contribution in [3.05, 3.63) is 47.0 Å². The van der Waals surface area contributed by atoms with Gasteiger partial charge in [0, 0.05) is 49.5 Å². The third-order valence-electron chi connectivity index (χ3n) is 4.77. The number of nitrogens with zero attached hydrogens (tertiary/aromatic N) is 5. The molecule has 1 aliphatic rings. The highest BCUT2D eigenvalue weighted by Crippen LogP contribution is 2.32. The average molecular weight is 432 g/mol. The number of ether oxygens (including phenoxy) is 1. The van der Waals surface area contributed by atoms with Crippen LogP contribution < -0.4 is 9.64 Å². The van der Waals surface area contributed by atoms with Crippen molar-refractivity contribution in [1.82, 2.24) is 19.3 Å². The van der Waals surface area contributed by atoms with Crippen molar-refractivity contribution in [1.29, 1.82) is 0 Å². The van der Waals surface area contributed by atoms with E-state index in [0.29, 0.717) is 37.9 Å². The fraction of sp³-hybridized carbons (Fsp3) is 0.316. The lowest BCUT2D eigenvalue weighted by atomic mass is 10.2. The van der Waals surface area contributed by atoms with Crippen LogP contribution in [0.4, 0.5) is 5.95 Å². The molecule has 2 aromatic heterocycles. The van der Waals surface area contributed by atoms with E-state index in [0.717, 1.165) is 16.3 Å². The lowest BCUT2D eigenvalue weighted by Gasteiger charge is -2.34. The van der Waals surface area contributed by atoms with Crippen molar-refractivity contribution in [2.75, 3.05) is 38.2 Å². The van der Waals surface area contributed by atoms with Crippen LogP contribution in [-0.2, 0) is 10.0 Å². The number of aromatic nitrogens is 3. The quantitative estimate of drug-likeness (QED) is 0.613. The minimum Gasteiger partial charge on any atom is -0.495 e. The zero-order chi connectivity index (χ0) is 20.4. The average Bonchev–Trinajstić information content (AvgIpc) is 3.20. The van der Waals surface area contributed by atoms with E-state index in [4.69, 9.17) is 4.74 Å². The van der Waals surface area contributed by atoms with Crippen molar-refractivity contribution in [3.8, 4) is 17.0 Å². The minimum atomic E-state index is -3.72. The SMILES string of the molecule is COc1ccc(-c2csc(C)n2)cc1S(=O)(=O)N1CCN(c2ncccn2)CC1. The standard InChI is InChI=1S/C19H21N5O3S2/c1-14-22-16(13-28-14)15-4-5-17(27-2)18(12-15)29(25,26)24-10-8-23(9-11-24)19-20-6-3-7-21-19/h3-7,12-13H,8-11H2,1-2H3. The Morgan fingerprint density at radius 3 is 2.45 bits per heavy atom. The van der Waals surface area contributed by atoms with E-state index in [-0.39, 0.29) is 4.90 Å². The first-order valence-electron chi connectivity index (χ1n) is 9.11. The first-order chi connectivity index (χ1) is 14.0. The molecule has 0 bridgehead atoms. The van der Waals surface area contributed by atoms with Gasteiger partial charge in [-0.2, -0.15) is 4.31 Å². The number of piperazine rings is 1. The van der Waals surface area contributed by atoms with E-state index in [1.54, 1.807) is 30.6 Å². The van der Waals surface area contributed by atoms with Crippen LogP contribution in [0.1, 0.15) is 5.01 Å². The van der Waals surface area contributed by atoms with Crippen LogP contribution in [0.3, 0.4) is 0 Å². The van der Waals surface area contributed by atoms with E-state index in [1.165, 1.54) is 22.8 Å². The molecule has 1 saturated heterocycles. The molecule has 4 rings (SSSR count). The molecule has 0 N–H and O–H groups in total. The minimum absolute atomic E-state index is 0.160. The number of benzene rings is 1. The summed E-state index contributed by atoms with van der Waals surface area (Å²) in [4.78, 5) is 15.1. The van der Waals surface area contributed by atoms with Gasteiger partial charge in [-0.3, -0.25) is 0 Å². The fourth-order valence-electron chi connectivity index (χ4n) is 3.26. The summed E-state index contributed by atoms with van der Waals surface area (Å²) in [5, 5.41) is 2.85. The third kappa shape index (κ3) is 3.96. The molecular weight excluding hydrogens is 410 g/mol. The van der Waals surface area contributed by atoms with Gasteiger partial charge in [-0.05, 0) is 31.2 Å². The summed E-state index contributed by atoms with van der Waals surface area (Å²) in [7, 11) is -2.24. The van der Waals surface area contributed by atoms with Gasteiger partial charge in [0.2, 0.25) is 16.0 Å². The fourth-order valence-corrected chi connectivity index (χ4v) is 5.48. The summed E-state index contributed by atoms with van der Waals surface area (Å²) in [6.45, 7) is 3.67. The van der Waals surface area contributed by atoms with Gasteiger partial charge in [-0.1, -0.05) is 0 Å². The highest BCUT2D eigenvalue weighted by molar-refractivity contribution is 7.89. The summed E-state index contributed by atoms with van der Waals surface area (Å²) in [6.07, 6.45) is 3.37. The molecule has 1 aliphatic heterocycles. The molecular formula is C19H21N5O3S2. The van der Waals surface area contributed by atoms with Crippen molar-refractivity contribution >= 4 is 27.3 Å². The highest BCUT2D eigenvalue weighted by Gasteiger charge is 2.32. The molecule has 152 valence electrons. The maximum atomic E-state index is 13.4. The van der Waals surface area contributed by atoms with Crippen LogP contribution in [0.15, 0.2) is 46.9 Å². The molecule has 3 heterocycles. The molecule has 0 unspecified atom stereocenters. The third-order valence-corrected chi connectivity index (χ3v) is 7.46. The van der Waals surface area contributed by atoms with Crippen LogP contribution in [0.25, 0.3) is 11.3 Å². The first kappa shape index (κ1) is 19.7. The molecule has 1 aromatic carbocycles. The van der Waals surface area contributed by atoms with Crippen LogP contribution in [0.5, 0.6) is 5.75 Å². The van der Waals surface area contributed by atoms with Crippen LogP contribution >= 0.6 is 11.3 Å². The number of hydrogen-bond acceptors (Lipinski definition) is 8. The Morgan fingerprint density at radius 1 is 1.10 bits per heavy atom. The summed E-state index contributed by atoms with van der Waals surface area (Å²) in [5.41, 5.74) is 1.52. The second kappa shape index (κ2) is 8.05. The van der Waals surface area contributed by atoms with Gasteiger partial charge in [0.25, 0.3) is 0 Å². The number of aryl methyl sites for hydroxylation is 1. The normalized spacial score (nSPS) is 15.4. The second-order valence-electron chi connectivity index (χ2n) is 6.56. The Hall–Kier alpha value is -2.56. The molecule has 0 spiro atoms. The second-order valence-corrected chi connectivity index (χ2v) is 9.53. The summed E-state index contributed by atoms with van der Waals surface area (Å²) < 4.78 is 33.6. The number of sulfonamides is 1. The van der Waals surface area contributed by atoms with Gasteiger partial charge in [0.15, 0.2) is 0 Å². The Bertz CT molecular complexity index is 1090. The van der Waals surface area contributed by atoms with Crippen molar-refractivity contribution < 1.29 is 13.2 Å².